The number of aliphatic carboxylic acids is 1. The molecule has 0 spiro atoms. The highest BCUT2D eigenvalue weighted by Crippen LogP contribution is 2.30. The third kappa shape index (κ3) is 3.86. The summed E-state index contributed by atoms with van der Waals surface area (Å²) < 4.78 is 16.4. The van der Waals surface area contributed by atoms with Crippen molar-refractivity contribution in [1.29, 1.82) is 0 Å². The molecule has 2 rings (SSSR count). The van der Waals surface area contributed by atoms with Crippen molar-refractivity contribution >= 4 is 5.97 Å². The van der Waals surface area contributed by atoms with E-state index in [2.05, 4.69) is 0 Å². The highest BCUT2D eigenvalue weighted by atomic mass is 16.5. The molecule has 0 radical (unpaired) electrons. The van der Waals surface area contributed by atoms with Crippen LogP contribution in [0, 0.1) is 0 Å². The van der Waals surface area contributed by atoms with Gasteiger partial charge in [-0.1, -0.05) is 6.07 Å². The van der Waals surface area contributed by atoms with Crippen molar-refractivity contribution in [3.05, 3.63) is 23.8 Å². The number of carboxylic acid groups (broad SMARTS) is 1. The summed E-state index contributed by atoms with van der Waals surface area (Å²) in [6.45, 7) is 1.39. The molecule has 5 heteroatoms. The van der Waals surface area contributed by atoms with Gasteiger partial charge in [0.05, 0.1) is 26.7 Å². The van der Waals surface area contributed by atoms with Gasteiger partial charge in [-0.25, -0.2) is 0 Å². The molecule has 1 aromatic carbocycles. The molecule has 0 aliphatic carbocycles. The van der Waals surface area contributed by atoms with Crippen LogP contribution in [0.1, 0.15) is 18.4 Å². The van der Waals surface area contributed by atoms with E-state index in [1.54, 1.807) is 25.3 Å². The van der Waals surface area contributed by atoms with Gasteiger partial charge in [0.25, 0.3) is 0 Å². The molecule has 0 bridgehead atoms. The second kappa shape index (κ2) is 6.43. The van der Waals surface area contributed by atoms with E-state index in [1.165, 1.54) is 0 Å². The van der Waals surface area contributed by atoms with Crippen LogP contribution in [0.15, 0.2) is 18.2 Å². The van der Waals surface area contributed by atoms with Gasteiger partial charge in [0.15, 0.2) is 11.5 Å². The zero-order valence-corrected chi connectivity index (χ0v) is 10.9. The van der Waals surface area contributed by atoms with E-state index in [0.29, 0.717) is 30.3 Å². The fourth-order valence-electron chi connectivity index (χ4n) is 2.07. The normalized spacial score (nSPS) is 16.1. The summed E-state index contributed by atoms with van der Waals surface area (Å²) in [5.41, 5.74) is 0.704. The predicted octanol–water partition coefficient (Wildman–Crippen LogP) is 1.88. The zero-order chi connectivity index (χ0) is 13.7. The number of ether oxygens (including phenoxy) is 3. The molecular formula is C14H18O5. The second-order valence-electron chi connectivity index (χ2n) is 4.49. The Bertz CT molecular complexity index is 437. The topological polar surface area (TPSA) is 65.0 Å². The van der Waals surface area contributed by atoms with Gasteiger partial charge in [0.2, 0.25) is 0 Å². The molecule has 1 N–H and O–H groups in total. The van der Waals surface area contributed by atoms with E-state index in [-0.39, 0.29) is 12.5 Å². The van der Waals surface area contributed by atoms with Gasteiger partial charge in [-0.3, -0.25) is 4.79 Å². The first-order chi connectivity index (χ1) is 9.19. The van der Waals surface area contributed by atoms with Crippen molar-refractivity contribution in [3.8, 4) is 11.5 Å². The van der Waals surface area contributed by atoms with Gasteiger partial charge in [-0.2, -0.15) is 0 Å². The van der Waals surface area contributed by atoms with Crippen LogP contribution in [0.2, 0.25) is 0 Å². The van der Waals surface area contributed by atoms with Gasteiger partial charge in [-0.15, -0.1) is 0 Å². The third-order valence-corrected chi connectivity index (χ3v) is 3.05. The minimum Gasteiger partial charge on any atom is -0.493 e. The van der Waals surface area contributed by atoms with Gasteiger partial charge in [0, 0.05) is 12.8 Å². The Balaban J connectivity index is 2.12. The van der Waals surface area contributed by atoms with Crippen molar-refractivity contribution in [2.75, 3.05) is 20.3 Å². The van der Waals surface area contributed by atoms with Gasteiger partial charge in [-0.05, 0) is 17.7 Å². The molecule has 1 saturated heterocycles. The van der Waals surface area contributed by atoms with Crippen LogP contribution in [-0.2, 0) is 16.0 Å². The molecule has 0 aromatic heterocycles. The molecule has 5 nitrogen and oxygen atoms in total. The first-order valence-corrected chi connectivity index (χ1v) is 6.32. The van der Waals surface area contributed by atoms with Crippen molar-refractivity contribution in [2.24, 2.45) is 0 Å². The number of carbonyl (C=O) groups is 1. The number of carboxylic acids is 1. The van der Waals surface area contributed by atoms with Crippen LogP contribution in [0.3, 0.4) is 0 Å². The van der Waals surface area contributed by atoms with E-state index in [9.17, 15) is 4.79 Å². The van der Waals surface area contributed by atoms with Gasteiger partial charge in [0.1, 0.15) is 6.10 Å². The monoisotopic (exact) mass is 266 g/mol. The largest absolute Gasteiger partial charge is 0.493 e. The van der Waals surface area contributed by atoms with Crippen LogP contribution in [0.5, 0.6) is 11.5 Å². The molecule has 0 saturated carbocycles. The minimum absolute atomic E-state index is 0.0197. The maximum Gasteiger partial charge on any atom is 0.307 e. The Labute approximate surface area is 112 Å². The Kier molecular flexibility index (Phi) is 4.63. The molecule has 1 heterocycles. The maximum atomic E-state index is 10.7. The first kappa shape index (κ1) is 13.7. The number of rotatable bonds is 5. The lowest BCUT2D eigenvalue weighted by Gasteiger charge is -2.24. The number of methoxy groups -OCH3 is 1. The smallest absolute Gasteiger partial charge is 0.307 e. The molecule has 0 amide bonds. The number of hydrogen-bond donors (Lipinski definition) is 1. The summed E-state index contributed by atoms with van der Waals surface area (Å²) in [7, 11) is 1.57. The third-order valence-electron chi connectivity index (χ3n) is 3.05. The van der Waals surface area contributed by atoms with Crippen molar-refractivity contribution in [1.82, 2.24) is 0 Å². The predicted molar refractivity (Wildman–Crippen MR) is 68.8 cm³/mol. The van der Waals surface area contributed by atoms with E-state index >= 15 is 0 Å². The van der Waals surface area contributed by atoms with Crippen LogP contribution < -0.4 is 9.47 Å². The molecule has 0 unspecified atom stereocenters. The highest BCUT2D eigenvalue weighted by molar-refractivity contribution is 5.70. The first-order valence-electron chi connectivity index (χ1n) is 6.32. The van der Waals surface area contributed by atoms with E-state index in [1.807, 2.05) is 0 Å². The Morgan fingerprint density at radius 3 is 2.74 bits per heavy atom. The average Bonchev–Trinajstić information content (AvgIpc) is 2.39. The average molecular weight is 266 g/mol. The zero-order valence-electron chi connectivity index (χ0n) is 10.9. The van der Waals surface area contributed by atoms with Crippen molar-refractivity contribution < 1.29 is 24.1 Å². The second-order valence-corrected chi connectivity index (χ2v) is 4.49. The van der Waals surface area contributed by atoms with E-state index < -0.39 is 5.97 Å². The fraction of sp³-hybridized carbons (Fsp3) is 0.500. The Morgan fingerprint density at radius 1 is 1.37 bits per heavy atom. The summed E-state index contributed by atoms with van der Waals surface area (Å²) in [6.07, 6.45) is 1.76. The molecular weight excluding hydrogens is 248 g/mol. The lowest BCUT2D eigenvalue weighted by atomic mass is 10.1. The lowest BCUT2D eigenvalue weighted by Crippen LogP contribution is -2.26. The van der Waals surface area contributed by atoms with Gasteiger partial charge < -0.3 is 19.3 Å². The summed E-state index contributed by atoms with van der Waals surface area (Å²) in [6, 6.07) is 5.22. The standard InChI is InChI=1S/C14H18O5/c1-17-12-3-2-10(9-14(15)16)8-13(12)19-11-4-6-18-7-5-11/h2-3,8,11H,4-7,9H2,1H3,(H,15,16). The molecule has 1 fully saturated rings. The van der Waals surface area contributed by atoms with Crippen molar-refractivity contribution in [3.63, 3.8) is 0 Å². The minimum atomic E-state index is -0.859. The Morgan fingerprint density at radius 2 is 2.11 bits per heavy atom. The molecule has 0 atom stereocenters. The number of benzene rings is 1. The van der Waals surface area contributed by atoms with Crippen LogP contribution in [0.25, 0.3) is 0 Å². The molecule has 1 aromatic rings. The molecule has 19 heavy (non-hydrogen) atoms. The van der Waals surface area contributed by atoms with Crippen LogP contribution in [-0.4, -0.2) is 37.5 Å². The van der Waals surface area contributed by atoms with Gasteiger partial charge >= 0.3 is 5.97 Å². The molecule has 1 aliphatic heterocycles. The summed E-state index contributed by atoms with van der Waals surface area (Å²) >= 11 is 0. The Hall–Kier alpha value is -1.75. The summed E-state index contributed by atoms with van der Waals surface area (Å²) in [5, 5.41) is 8.82. The number of hydrogen-bond acceptors (Lipinski definition) is 4. The summed E-state index contributed by atoms with van der Waals surface area (Å²) in [4.78, 5) is 10.7. The van der Waals surface area contributed by atoms with Crippen LogP contribution in [0.4, 0.5) is 0 Å². The fourth-order valence-corrected chi connectivity index (χ4v) is 2.07. The van der Waals surface area contributed by atoms with E-state index in [4.69, 9.17) is 19.3 Å². The van der Waals surface area contributed by atoms with Crippen molar-refractivity contribution in [2.45, 2.75) is 25.4 Å². The SMILES string of the molecule is COc1ccc(CC(=O)O)cc1OC1CCOCC1. The quantitative estimate of drug-likeness (QED) is 0.881. The maximum absolute atomic E-state index is 10.7. The lowest BCUT2D eigenvalue weighted by molar-refractivity contribution is -0.136. The van der Waals surface area contributed by atoms with E-state index in [0.717, 1.165) is 12.8 Å². The molecule has 104 valence electrons. The highest BCUT2D eigenvalue weighted by Gasteiger charge is 2.17. The molecule has 1 aliphatic rings. The summed E-state index contributed by atoms with van der Waals surface area (Å²) in [5.74, 6) is 0.371. The van der Waals surface area contributed by atoms with Crippen LogP contribution >= 0.6 is 0 Å².